The van der Waals surface area contributed by atoms with E-state index in [4.69, 9.17) is 4.74 Å². The summed E-state index contributed by atoms with van der Waals surface area (Å²) in [6, 6.07) is 7.27. The van der Waals surface area contributed by atoms with Crippen LogP contribution in [0.25, 0.3) is 10.9 Å². The lowest BCUT2D eigenvalue weighted by Gasteiger charge is -2.48. The summed E-state index contributed by atoms with van der Waals surface area (Å²) >= 11 is 0. The largest absolute Gasteiger partial charge is 0.450 e. The lowest BCUT2D eigenvalue weighted by atomic mass is 9.59. The second kappa shape index (κ2) is 7.62. The van der Waals surface area contributed by atoms with Crippen molar-refractivity contribution in [1.82, 2.24) is 9.78 Å². The van der Waals surface area contributed by atoms with Crippen molar-refractivity contribution in [2.75, 3.05) is 6.61 Å². The fourth-order valence-corrected chi connectivity index (χ4v) is 8.12. The van der Waals surface area contributed by atoms with Crippen molar-refractivity contribution in [3.8, 4) is 0 Å². The molecule has 4 aliphatic rings. The molecule has 37 heavy (non-hydrogen) atoms. The molecular weight excluding hydrogens is 472 g/mol. The zero-order valence-corrected chi connectivity index (χ0v) is 21.8. The number of fused-ring (bicyclic) bond motifs is 4. The van der Waals surface area contributed by atoms with Crippen LogP contribution in [0.4, 0.5) is 0 Å². The summed E-state index contributed by atoms with van der Waals surface area (Å²) in [5, 5.41) is 39.4. The van der Waals surface area contributed by atoms with Crippen LogP contribution in [-0.4, -0.2) is 61.3 Å². The van der Waals surface area contributed by atoms with Gasteiger partial charge in [-0.1, -0.05) is 51.1 Å². The van der Waals surface area contributed by atoms with E-state index in [-0.39, 0.29) is 40.2 Å². The molecule has 2 bridgehead atoms. The van der Waals surface area contributed by atoms with E-state index in [1.165, 1.54) is 0 Å². The molecule has 0 amide bonds. The molecule has 1 aromatic heterocycles. The molecule has 6 rings (SSSR count). The first-order valence-corrected chi connectivity index (χ1v) is 13.0. The van der Waals surface area contributed by atoms with E-state index in [1.807, 2.05) is 19.1 Å². The monoisotopic (exact) mass is 506 g/mol. The summed E-state index contributed by atoms with van der Waals surface area (Å²) < 4.78 is 7.56. The van der Waals surface area contributed by atoms with Crippen molar-refractivity contribution in [3.63, 3.8) is 0 Å². The van der Waals surface area contributed by atoms with E-state index in [0.29, 0.717) is 17.4 Å². The van der Waals surface area contributed by atoms with E-state index in [1.54, 1.807) is 42.9 Å². The third-order valence-electron chi connectivity index (χ3n) is 10.1. The van der Waals surface area contributed by atoms with Crippen LogP contribution in [0, 0.1) is 34.5 Å². The average molecular weight is 507 g/mol. The molecule has 8 atom stereocenters. The van der Waals surface area contributed by atoms with Gasteiger partial charge in [0, 0.05) is 18.4 Å². The number of carbonyl (C=O) groups excluding carboxylic acids is 2. The highest BCUT2D eigenvalue weighted by molar-refractivity contribution is 6.02. The van der Waals surface area contributed by atoms with Crippen LogP contribution in [0.3, 0.4) is 0 Å². The Balaban J connectivity index is 1.47. The number of allylic oxidation sites excluding steroid dienone is 1. The zero-order valence-electron chi connectivity index (χ0n) is 21.8. The fraction of sp³-hybridized carbons (Fsp3) is 0.552. The number of aliphatic hydroxyl groups excluding tert-OH is 2. The maximum absolute atomic E-state index is 14.4. The number of benzene rings is 1. The van der Waals surface area contributed by atoms with Crippen molar-refractivity contribution in [1.29, 1.82) is 0 Å². The van der Waals surface area contributed by atoms with E-state index in [0.717, 1.165) is 5.52 Å². The zero-order chi connectivity index (χ0) is 26.7. The lowest BCUT2D eigenvalue weighted by molar-refractivity contribution is -0.190. The number of rotatable bonds is 3. The van der Waals surface area contributed by atoms with Gasteiger partial charge in [-0.2, -0.15) is 5.10 Å². The van der Waals surface area contributed by atoms with E-state index >= 15 is 0 Å². The van der Waals surface area contributed by atoms with Crippen LogP contribution in [-0.2, 0) is 16.6 Å². The van der Waals surface area contributed by atoms with Gasteiger partial charge in [0.1, 0.15) is 6.10 Å². The maximum Gasteiger partial charge on any atom is 0.360 e. The molecule has 8 heteroatoms. The van der Waals surface area contributed by atoms with Crippen LogP contribution in [0.2, 0.25) is 0 Å². The predicted molar refractivity (Wildman–Crippen MR) is 135 cm³/mol. The summed E-state index contributed by atoms with van der Waals surface area (Å²) in [6.07, 6.45) is 1.21. The summed E-state index contributed by atoms with van der Waals surface area (Å²) in [7, 11) is 1.73. The maximum atomic E-state index is 14.4. The number of ether oxygens (including phenoxy) is 1. The molecule has 2 fully saturated rings. The first kappa shape index (κ1) is 24.5. The van der Waals surface area contributed by atoms with Gasteiger partial charge in [-0.15, -0.1) is 0 Å². The van der Waals surface area contributed by atoms with Crippen LogP contribution in [0.5, 0.6) is 0 Å². The molecule has 3 N–H and O–H groups in total. The normalized spacial score (nSPS) is 39.7. The topological polar surface area (TPSA) is 122 Å². The van der Waals surface area contributed by atoms with Gasteiger partial charge in [-0.05, 0) is 53.7 Å². The van der Waals surface area contributed by atoms with Gasteiger partial charge in [0.05, 0.1) is 17.5 Å². The van der Waals surface area contributed by atoms with Gasteiger partial charge in [0.15, 0.2) is 23.2 Å². The van der Waals surface area contributed by atoms with Gasteiger partial charge in [-0.3, -0.25) is 9.48 Å². The van der Waals surface area contributed by atoms with Crippen molar-refractivity contribution < 1.29 is 29.6 Å². The molecule has 0 saturated heterocycles. The first-order valence-electron chi connectivity index (χ1n) is 13.0. The van der Waals surface area contributed by atoms with Crippen molar-refractivity contribution in [2.45, 2.75) is 51.9 Å². The third-order valence-corrected chi connectivity index (χ3v) is 10.1. The van der Waals surface area contributed by atoms with Gasteiger partial charge < -0.3 is 20.1 Å². The molecule has 2 saturated carbocycles. The van der Waals surface area contributed by atoms with Gasteiger partial charge in [0.25, 0.3) is 0 Å². The number of hydrogen-bond acceptors (Lipinski definition) is 7. The Morgan fingerprint density at radius 1 is 1.27 bits per heavy atom. The van der Waals surface area contributed by atoms with Crippen molar-refractivity contribution >= 4 is 22.7 Å². The molecule has 2 aromatic rings. The van der Waals surface area contributed by atoms with Gasteiger partial charge >= 0.3 is 5.97 Å². The Bertz CT molecular complexity index is 1400. The second-order valence-corrected chi connectivity index (χ2v) is 12.1. The Hall–Kier alpha value is -2.81. The van der Waals surface area contributed by atoms with Crippen LogP contribution >= 0.6 is 0 Å². The molecular formula is C29H34N2O6. The number of aliphatic hydroxyl groups is 3. The average Bonchev–Trinajstić information content (AvgIpc) is 3.15. The molecule has 0 aliphatic heterocycles. The van der Waals surface area contributed by atoms with Gasteiger partial charge in [-0.25, -0.2) is 4.79 Å². The van der Waals surface area contributed by atoms with E-state index < -0.39 is 41.7 Å². The quantitative estimate of drug-likeness (QED) is 0.432. The third kappa shape index (κ3) is 2.86. The number of aromatic nitrogens is 2. The number of para-hydroxylation sites is 1. The first-order chi connectivity index (χ1) is 17.4. The minimum absolute atomic E-state index is 0.0517. The second-order valence-electron chi connectivity index (χ2n) is 12.1. The Kier molecular flexibility index (Phi) is 5.05. The number of hydrogen-bond donors (Lipinski definition) is 3. The number of ketones is 1. The predicted octanol–water partition coefficient (Wildman–Crippen LogP) is 2.57. The standard InChI is InChI=1S/C29H34N2O6/c1-14-12-28-15(2)10-19-21(27(19,3)4)18(24(28)34)11-16(13-32)23(33)29(28,36)25(14)37-26(35)22-17-8-6-7-9-20(17)31(5)30-22/h6-9,11-12,15,18-19,21,23,25,32-33,36H,10,13H2,1-5H3/t15-,18+,19-,21?,23-,25+,28+,29+/m1/s1. The molecule has 8 nitrogen and oxygen atoms in total. The minimum atomic E-state index is -2.17. The molecule has 1 unspecified atom stereocenters. The van der Waals surface area contributed by atoms with E-state index in [2.05, 4.69) is 18.9 Å². The summed E-state index contributed by atoms with van der Waals surface area (Å²) in [6.45, 7) is 7.44. The number of aryl methyl sites for hydroxylation is 1. The Morgan fingerprint density at radius 2 is 1.97 bits per heavy atom. The SMILES string of the molecule is CC1=C[C@]23C(=O)[C@@H](C=C(CO)[C@@H](O)[C@]2(O)[C@H]1OC(=O)c1nn(C)c2ccccc12)C1[C@@H](C[C@H]3C)C1(C)C. The summed E-state index contributed by atoms with van der Waals surface area (Å²) in [5.74, 6) is -1.45. The highest BCUT2D eigenvalue weighted by Gasteiger charge is 2.76. The highest BCUT2D eigenvalue weighted by atomic mass is 16.6. The molecule has 4 aliphatic carbocycles. The smallest absolute Gasteiger partial charge is 0.360 e. The molecule has 1 heterocycles. The van der Waals surface area contributed by atoms with Gasteiger partial charge in [0.2, 0.25) is 0 Å². The molecule has 1 aromatic carbocycles. The van der Waals surface area contributed by atoms with Crippen LogP contribution < -0.4 is 0 Å². The van der Waals surface area contributed by atoms with Crippen LogP contribution in [0.1, 0.15) is 44.6 Å². The van der Waals surface area contributed by atoms with Crippen molar-refractivity contribution in [2.24, 2.45) is 41.5 Å². The number of carbonyl (C=O) groups is 2. The van der Waals surface area contributed by atoms with E-state index in [9.17, 15) is 24.9 Å². The molecule has 1 spiro atoms. The van der Waals surface area contributed by atoms with Crippen LogP contribution in [0.15, 0.2) is 47.6 Å². The number of Topliss-reactive ketones (excluding diaryl/α,β-unsaturated/α-hetero) is 1. The molecule has 0 radical (unpaired) electrons. The summed E-state index contributed by atoms with van der Waals surface area (Å²) in [5.41, 5.74) is -2.15. The number of nitrogens with zero attached hydrogens (tertiary/aromatic N) is 2. The Labute approximate surface area is 215 Å². The number of esters is 1. The lowest BCUT2D eigenvalue weighted by Crippen LogP contribution is -2.65. The summed E-state index contributed by atoms with van der Waals surface area (Å²) in [4.78, 5) is 27.9. The fourth-order valence-electron chi connectivity index (χ4n) is 8.12. The Morgan fingerprint density at radius 3 is 2.68 bits per heavy atom. The highest BCUT2D eigenvalue weighted by Crippen LogP contribution is 2.71. The molecule has 196 valence electrons. The van der Waals surface area contributed by atoms with Crippen molar-refractivity contribution in [3.05, 3.63) is 53.3 Å². The minimum Gasteiger partial charge on any atom is -0.450 e.